The van der Waals surface area contributed by atoms with Gasteiger partial charge in [-0.15, -0.1) is 0 Å². The lowest BCUT2D eigenvalue weighted by molar-refractivity contribution is -0.154. The molecule has 0 spiro atoms. The van der Waals surface area contributed by atoms with E-state index in [-0.39, 0.29) is 12.3 Å². The van der Waals surface area contributed by atoms with E-state index in [0.717, 1.165) is 0 Å². The fourth-order valence-corrected chi connectivity index (χ4v) is 2.83. The van der Waals surface area contributed by atoms with E-state index in [1.54, 1.807) is 13.8 Å². The number of carbonyl (C=O) groups is 3. The summed E-state index contributed by atoms with van der Waals surface area (Å²) in [4.78, 5) is 33.2. The first-order valence-electron chi connectivity index (χ1n) is 5.45. The summed E-state index contributed by atoms with van der Waals surface area (Å²) in [5, 5.41) is 27.1. The van der Waals surface area contributed by atoms with Gasteiger partial charge in [0.25, 0.3) is 0 Å². The predicted molar refractivity (Wildman–Crippen MR) is 56.3 cm³/mol. The molecular formula is C11H16O6. The fraction of sp³-hybridized carbons (Fsp3) is 0.727. The van der Waals surface area contributed by atoms with Gasteiger partial charge in [-0.3, -0.25) is 14.4 Å². The molecule has 0 aromatic carbocycles. The van der Waals surface area contributed by atoms with Crippen molar-refractivity contribution in [3.8, 4) is 0 Å². The monoisotopic (exact) mass is 244 g/mol. The van der Waals surface area contributed by atoms with Gasteiger partial charge in [0.15, 0.2) is 0 Å². The van der Waals surface area contributed by atoms with Gasteiger partial charge in [0.2, 0.25) is 0 Å². The van der Waals surface area contributed by atoms with Crippen LogP contribution in [0.4, 0.5) is 0 Å². The van der Waals surface area contributed by atoms with Gasteiger partial charge in [-0.2, -0.15) is 0 Å². The molecule has 0 radical (unpaired) electrons. The fourth-order valence-electron chi connectivity index (χ4n) is 2.83. The van der Waals surface area contributed by atoms with Crippen molar-refractivity contribution in [2.75, 3.05) is 0 Å². The molecule has 1 aliphatic carbocycles. The summed E-state index contributed by atoms with van der Waals surface area (Å²) in [7, 11) is 0. The van der Waals surface area contributed by atoms with Crippen LogP contribution in [0.1, 0.15) is 20.3 Å². The summed E-state index contributed by atoms with van der Waals surface area (Å²) in [6.45, 7) is 3.45. The van der Waals surface area contributed by atoms with Crippen LogP contribution in [0.5, 0.6) is 0 Å². The largest absolute Gasteiger partial charge is 0.481 e. The van der Waals surface area contributed by atoms with E-state index in [0.29, 0.717) is 0 Å². The standard InChI is InChI=1S/C11H16O6/c1-4(2)7-5(9(12)13)3-6(10(14)15)8(7)11(16)17/h4-8H,3H2,1-2H3,(H,12,13)(H,14,15)(H,16,17). The normalized spacial score (nSPS) is 32.6. The molecule has 17 heavy (non-hydrogen) atoms. The minimum absolute atomic E-state index is 0.107. The van der Waals surface area contributed by atoms with Crippen LogP contribution in [-0.4, -0.2) is 33.2 Å². The molecule has 1 aliphatic rings. The predicted octanol–water partition coefficient (Wildman–Crippen LogP) is 0.765. The maximum atomic E-state index is 11.1. The lowest BCUT2D eigenvalue weighted by Crippen LogP contribution is -2.33. The Bertz CT molecular complexity index is 348. The van der Waals surface area contributed by atoms with Crippen molar-refractivity contribution >= 4 is 17.9 Å². The molecule has 1 saturated carbocycles. The highest BCUT2D eigenvalue weighted by Gasteiger charge is 2.53. The highest BCUT2D eigenvalue weighted by atomic mass is 16.4. The van der Waals surface area contributed by atoms with Crippen molar-refractivity contribution < 1.29 is 29.7 Å². The topological polar surface area (TPSA) is 112 Å². The molecule has 1 rings (SSSR count). The molecule has 0 bridgehead atoms. The lowest BCUT2D eigenvalue weighted by atomic mass is 9.79. The Labute approximate surface area is 98.3 Å². The first-order valence-corrected chi connectivity index (χ1v) is 5.45. The van der Waals surface area contributed by atoms with Crippen molar-refractivity contribution in [3.63, 3.8) is 0 Å². The Balaban J connectivity index is 3.13. The van der Waals surface area contributed by atoms with Crippen LogP contribution in [0.3, 0.4) is 0 Å². The van der Waals surface area contributed by atoms with E-state index in [4.69, 9.17) is 15.3 Å². The summed E-state index contributed by atoms with van der Waals surface area (Å²) >= 11 is 0. The number of carboxylic acids is 3. The van der Waals surface area contributed by atoms with Crippen LogP contribution in [0.15, 0.2) is 0 Å². The van der Waals surface area contributed by atoms with Gasteiger partial charge in [0.05, 0.1) is 17.8 Å². The van der Waals surface area contributed by atoms with Gasteiger partial charge in [0, 0.05) is 0 Å². The number of rotatable bonds is 4. The average Bonchev–Trinajstić information content (AvgIpc) is 2.56. The molecule has 0 amide bonds. The molecule has 0 aromatic heterocycles. The SMILES string of the molecule is CC(C)C1C(C(=O)O)CC(C(=O)O)C1C(=O)O. The quantitative estimate of drug-likeness (QED) is 0.673. The van der Waals surface area contributed by atoms with Crippen LogP contribution in [0.2, 0.25) is 0 Å². The molecule has 96 valence electrons. The summed E-state index contributed by atoms with van der Waals surface area (Å²) in [6.07, 6.45) is -0.107. The van der Waals surface area contributed by atoms with Crippen LogP contribution >= 0.6 is 0 Å². The Morgan fingerprint density at radius 1 is 0.941 bits per heavy atom. The smallest absolute Gasteiger partial charge is 0.307 e. The number of carboxylic acid groups (broad SMARTS) is 3. The maximum Gasteiger partial charge on any atom is 0.307 e. The van der Waals surface area contributed by atoms with Crippen LogP contribution in [0, 0.1) is 29.6 Å². The zero-order chi connectivity index (χ0) is 13.3. The molecule has 6 nitrogen and oxygen atoms in total. The van der Waals surface area contributed by atoms with Gasteiger partial charge < -0.3 is 15.3 Å². The Kier molecular flexibility index (Phi) is 3.75. The van der Waals surface area contributed by atoms with Crippen molar-refractivity contribution in [2.45, 2.75) is 20.3 Å². The minimum atomic E-state index is -1.23. The highest BCUT2D eigenvalue weighted by Crippen LogP contribution is 2.45. The maximum absolute atomic E-state index is 11.1. The van der Waals surface area contributed by atoms with Crippen LogP contribution in [0.25, 0.3) is 0 Å². The summed E-state index contributed by atoms with van der Waals surface area (Å²) in [6, 6.07) is 0. The molecular weight excluding hydrogens is 228 g/mol. The second-order valence-electron chi connectivity index (χ2n) is 4.81. The van der Waals surface area contributed by atoms with Crippen LogP contribution < -0.4 is 0 Å². The van der Waals surface area contributed by atoms with Gasteiger partial charge in [0.1, 0.15) is 0 Å². The van der Waals surface area contributed by atoms with Crippen LogP contribution in [-0.2, 0) is 14.4 Å². The molecule has 4 unspecified atom stereocenters. The second kappa shape index (κ2) is 4.73. The number of hydrogen-bond donors (Lipinski definition) is 3. The first kappa shape index (κ1) is 13.5. The molecule has 0 aromatic rings. The van der Waals surface area contributed by atoms with Crippen molar-refractivity contribution in [2.24, 2.45) is 29.6 Å². The summed E-state index contributed by atoms with van der Waals surface area (Å²) < 4.78 is 0. The minimum Gasteiger partial charge on any atom is -0.481 e. The van der Waals surface area contributed by atoms with Crippen molar-refractivity contribution in [1.29, 1.82) is 0 Å². The second-order valence-corrected chi connectivity index (χ2v) is 4.81. The van der Waals surface area contributed by atoms with Gasteiger partial charge in [-0.05, 0) is 18.3 Å². The zero-order valence-corrected chi connectivity index (χ0v) is 9.66. The number of aliphatic carboxylic acids is 3. The molecule has 0 heterocycles. The third kappa shape index (κ3) is 2.40. The third-order valence-electron chi connectivity index (χ3n) is 3.51. The Morgan fingerprint density at radius 3 is 1.71 bits per heavy atom. The van der Waals surface area contributed by atoms with E-state index in [2.05, 4.69) is 0 Å². The summed E-state index contributed by atoms with van der Waals surface area (Å²) in [5.74, 6) is -7.50. The molecule has 0 saturated heterocycles. The third-order valence-corrected chi connectivity index (χ3v) is 3.51. The van der Waals surface area contributed by atoms with Gasteiger partial charge in [-0.1, -0.05) is 13.8 Å². The molecule has 3 N–H and O–H groups in total. The Hall–Kier alpha value is -1.59. The molecule has 6 heteroatoms. The zero-order valence-electron chi connectivity index (χ0n) is 9.66. The molecule has 4 atom stereocenters. The van der Waals surface area contributed by atoms with Gasteiger partial charge in [-0.25, -0.2) is 0 Å². The van der Waals surface area contributed by atoms with E-state index in [1.807, 2.05) is 0 Å². The van der Waals surface area contributed by atoms with E-state index < -0.39 is 41.6 Å². The molecule has 0 aliphatic heterocycles. The Morgan fingerprint density at radius 2 is 1.41 bits per heavy atom. The van der Waals surface area contributed by atoms with Crippen molar-refractivity contribution in [1.82, 2.24) is 0 Å². The number of hydrogen-bond acceptors (Lipinski definition) is 3. The van der Waals surface area contributed by atoms with Gasteiger partial charge >= 0.3 is 17.9 Å². The highest BCUT2D eigenvalue weighted by molar-refractivity contribution is 5.84. The van der Waals surface area contributed by atoms with E-state index in [9.17, 15) is 14.4 Å². The summed E-state index contributed by atoms with van der Waals surface area (Å²) in [5.41, 5.74) is 0. The first-order chi connectivity index (χ1) is 7.77. The van der Waals surface area contributed by atoms with E-state index in [1.165, 1.54) is 0 Å². The van der Waals surface area contributed by atoms with Crippen molar-refractivity contribution in [3.05, 3.63) is 0 Å². The molecule has 1 fully saturated rings. The average molecular weight is 244 g/mol. The van der Waals surface area contributed by atoms with E-state index >= 15 is 0 Å². The lowest BCUT2D eigenvalue weighted by Gasteiger charge is -2.24.